The van der Waals surface area contributed by atoms with E-state index in [0.29, 0.717) is 24.1 Å². The number of hydrogen-bond acceptors (Lipinski definition) is 7. The Labute approximate surface area is 269 Å². The van der Waals surface area contributed by atoms with Crippen LogP contribution in [0.25, 0.3) is 0 Å². The van der Waals surface area contributed by atoms with Gasteiger partial charge >= 0.3 is 12.1 Å². The minimum Gasteiger partial charge on any atom is -0.478 e. The van der Waals surface area contributed by atoms with Crippen molar-refractivity contribution in [2.45, 2.75) is 77.5 Å². The van der Waals surface area contributed by atoms with Gasteiger partial charge in [0.15, 0.2) is 0 Å². The quantitative estimate of drug-likeness (QED) is 0.362. The number of hydrazone groups is 1. The van der Waals surface area contributed by atoms with Crippen LogP contribution >= 0.6 is 0 Å². The van der Waals surface area contributed by atoms with E-state index in [1.54, 1.807) is 50.9 Å². The van der Waals surface area contributed by atoms with Gasteiger partial charge < -0.3 is 25.4 Å². The number of carboxylic acids is 1. The van der Waals surface area contributed by atoms with Crippen molar-refractivity contribution < 1.29 is 33.8 Å². The summed E-state index contributed by atoms with van der Waals surface area (Å²) >= 11 is 0. The summed E-state index contributed by atoms with van der Waals surface area (Å²) in [5, 5.41) is 20.9. The molecule has 0 aliphatic carbocycles. The van der Waals surface area contributed by atoms with E-state index in [-0.39, 0.29) is 37.4 Å². The van der Waals surface area contributed by atoms with E-state index >= 15 is 0 Å². The minimum absolute atomic E-state index is 0.0698. The van der Waals surface area contributed by atoms with Crippen LogP contribution in [0.3, 0.4) is 0 Å². The number of rotatable bonds is 10. The van der Waals surface area contributed by atoms with Crippen LogP contribution in [-0.4, -0.2) is 87.8 Å². The van der Waals surface area contributed by atoms with Crippen molar-refractivity contribution in [3.05, 3.63) is 71.3 Å². The molecule has 0 bridgehead atoms. The molecule has 2 aromatic rings. The Kier molecular flexibility index (Phi) is 9.88. The van der Waals surface area contributed by atoms with E-state index < -0.39 is 46.5 Å². The third kappa shape index (κ3) is 7.72. The fourth-order valence-corrected chi connectivity index (χ4v) is 5.89. The molecule has 0 saturated carbocycles. The largest absolute Gasteiger partial charge is 0.478 e. The summed E-state index contributed by atoms with van der Waals surface area (Å²) in [7, 11) is 1.61. The molecule has 12 nitrogen and oxygen atoms in total. The van der Waals surface area contributed by atoms with Crippen LogP contribution in [0.5, 0.6) is 0 Å². The summed E-state index contributed by atoms with van der Waals surface area (Å²) in [6.07, 6.45) is 0.198. The molecular weight excluding hydrogens is 590 g/mol. The molecule has 2 heterocycles. The van der Waals surface area contributed by atoms with Crippen LogP contribution in [-0.2, 0) is 32.0 Å². The molecule has 1 saturated heterocycles. The number of carbonyl (C=O) groups is 5. The predicted octanol–water partition coefficient (Wildman–Crippen LogP) is 3.39. The Hall–Kier alpha value is -4.74. The van der Waals surface area contributed by atoms with Gasteiger partial charge in [-0.3, -0.25) is 14.4 Å². The number of alkyl carbamates (subject to hydrolysis) is 1. The van der Waals surface area contributed by atoms with Crippen LogP contribution in [0.4, 0.5) is 4.79 Å². The second-order valence-corrected chi connectivity index (χ2v) is 13.4. The van der Waals surface area contributed by atoms with E-state index in [0.717, 1.165) is 5.56 Å². The molecule has 12 heteroatoms. The number of amides is 4. The van der Waals surface area contributed by atoms with Gasteiger partial charge in [-0.15, -0.1) is 0 Å². The molecule has 2 aliphatic rings. The third-order valence-electron chi connectivity index (χ3n) is 8.20. The second-order valence-electron chi connectivity index (χ2n) is 13.4. The molecule has 246 valence electrons. The average molecular weight is 634 g/mol. The van der Waals surface area contributed by atoms with Crippen LogP contribution in [0.2, 0.25) is 0 Å². The highest BCUT2D eigenvalue weighted by Crippen LogP contribution is 2.38. The first-order valence-corrected chi connectivity index (χ1v) is 15.3. The van der Waals surface area contributed by atoms with E-state index in [1.807, 2.05) is 30.3 Å². The molecule has 0 spiro atoms. The molecule has 3 N–H and O–H groups in total. The summed E-state index contributed by atoms with van der Waals surface area (Å²) in [5.74, 6) is -2.34. The molecular formula is C34H43N5O7. The predicted molar refractivity (Wildman–Crippen MR) is 171 cm³/mol. The molecule has 2 aliphatic heterocycles. The van der Waals surface area contributed by atoms with Gasteiger partial charge in [0.1, 0.15) is 22.6 Å². The van der Waals surface area contributed by atoms with Crippen molar-refractivity contribution >= 4 is 35.5 Å². The zero-order chi connectivity index (χ0) is 33.9. The lowest BCUT2D eigenvalue weighted by Crippen LogP contribution is -2.62. The Balaban J connectivity index is 1.61. The minimum atomic E-state index is -1.46. The van der Waals surface area contributed by atoms with Crippen LogP contribution < -0.4 is 10.6 Å². The zero-order valence-electron chi connectivity index (χ0n) is 27.3. The van der Waals surface area contributed by atoms with Crippen LogP contribution in [0.1, 0.15) is 68.9 Å². The van der Waals surface area contributed by atoms with Crippen molar-refractivity contribution in [2.24, 2.45) is 10.5 Å². The van der Waals surface area contributed by atoms with Gasteiger partial charge in [0, 0.05) is 26.6 Å². The first kappa shape index (κ1) is 34.1. The highest BCUT2D eigenvalue weighted by Gasteiger charge is 2.54. The lowest BCUT2D eigenvalue weighted by atomic mass is 9.73. The Bertz CT molecular complexity index is 1530. The SMILES string of the molecule is CN1N=C2CCN(C(=O)C(CCc3ccccc3C(=O)O)NC(=O)C(C)(C)NC(=O)OC(C)(C)C)C[C@@]2(Cc2ccccc2)C1=O. The van der Waals surface area contributed by atoms with E-state index in [2.05, 4.69) is 15.7 Å². The van der Waals surface area contributed by atoms with Crippen molar-refractivity contribution in [3.63, 3.8) is 0 Å². The number of carboxylic acid groups (broad SMARTS) is 1. The summed E-state index contributed by atoms with van der Waals surface area (Å²) in [6, 6.07) is 15.0. The molecule has 2 atom stereocenters. The number of aromatic carboxylic acids is 1. The number of benzene rings is 2. The van der Waals surface area contributed by atoms with Gasteiger partial charge in [-0.2, -0.15) is 5.10 Å². The van der Waals surface area contributed by atoms with Crippen molar-refractivity contribution in [1.82, 2.24) is 20.5 Å². The molecule has 46 heavy (non-hydrogen) atoms. The van der Waals surface area contributed by atoms with Crippen LogP contribution in [0.15, 0.2) is 59.7 Å². The Morgan fingerprint density at radius 1 is 1.02 bits per heavy atom. The van der Waals surface area contributed by atoms with E-state index in [1.165, 1.54) is 24.9 Å². The van der Waals surface area contributed by atoms with Gasteiger partial charge in [-0.05, 0) is 71.1 Å². The number of aryl methyl sites for hydroxylation is 1. The maximum atomic E-state index is 14.3. The smallest absolute Gasteiger partial charge is 0.408 e. The highest BCUT2D eigenvalue weighted by atomic mass is 16.6. The van der Waals surface area contributed by atoms with Gasteiger partial charge in [0.05, 0.1) is 11.3 Å². The monoisotopic (exact) mass is 633 g/mol. The fourth-order valence-electron chi connectivity index (χ4n) is 5.89. The molecule has 2 aromatic carbocycles. The molecule has 0 radical (unpaired) electrons. The molecule has 1 fully saturated rings. The molecule has 1 unspecified atom stereocenters. The summed E-state index contributed by atoms with van der Waals surface area (Å²) < 4.78 is 5.32. The number of fused-ring (bicyclic) bond motifs is 1. The number of nitrogens with zero attached hydrogens (tertiary/aromatic N) is 3. The number of carbonyl (C=O) groups excluding carboxylic acids is 4. The average Bonchev–Trinajstić information content (AvgIpc) is 3.22. The Morgan fingerprint density at radius 2 is 1.67 bits per heavy atom. The number of piperidine rings is 1. The standard InChI is InChI=1S/C34H43N5O7/c1-32(2,3)46-31(45)36-33(4,5)29(43)35-25(17-16-23-14-10-11-15-24(23)28(41)42)27(40)39-19-18-26-34(21-39,30(44)38(6)37-26)20-22-12-8-7-9-13-22/h7-15,25H,16-21H2,1-6H3,(H,35,43)(H,36,45)(H,41,42)/t25?,34-/m1/s1. The summed E-state index contributed by atoms with van der Waals surface area (Å²) in [5.41, 5.74) is -1.04. The second kappa shape index (κ2) is 13.3. The number of hydrogen-bond donors (Lipinski definition) is 3. The number of likely N-dealkylation sites (tertiary alicyclic amines) is 1. The third-order valence-corrected chi connectivity index (χ3v) is 8.20. The van der Waals surface area contributed by atoms with Crippen molar-refractivity contribution in [1.29, 1.82) is 0 Å². The fraction of sp³-hybridized carbons (Fsp3) is 0.471. The lowest BCUT2D eigenvalue weighted by Gasteiger charge is -2.41. The van der Waals surface area contributed by atoms with Gasteiger partial charge in [0.2, 0.25) is 11.8 Å². The van der Waals surface area contributed by atoms with Gasteiger partial charge in [-0.25, -0.2) is 14.6 Å². The maximum absolute atomic E-state index is 14.3. The molecule has 4 amide bonds. The normalized spacial score (nSPS) is 18.7. The van der Waals surface area contributed by atoms with E-state index in [4.69, 9.17) is 4.74 Å². The van der Waals surface area contributed by atoms with Crippen molar-refractivity contribution in [3.8, 4) is 0 Å². The Morgan fingerprint density at radius 3 is 2.33 bits per heavy atom. The first-order valence-electron chi connectivity index (χ1n) is 15.3. The topological polar surface area (TPSA) is 158 Å². The highest BCUT2D eigenvalue weighted by molar-refractivity contribution is 6.13. The van der Waals surface area contributed by atoms with Crippen LogP contribution in [0, 0.1) is 5.41 Å². The van der Waals surface area contributed by atoms with Gasteiger partial charge in [-0.1, -0.05) is 48.5 Å². The molecule has 4 rings (SSSR count). The summed E-state index contributed by atoms with van der Waals surface area (Å²) in [4.78, 5) is 67.5. The zero-order valence-corrected chi connectivity index (χ0v) is 27.3. The number of ether oxygens (including phenoxy) is 1. The maximum Gasteiger partial charge on any atom is 0.408 e. The van der Waals surface area contributed by atoms with Crippen molar-refractivity contribution in [2.75, 3.05) is 20.1 Å². The molecule has 0 aromatic heterocycles. The first-order chi connectivity index (χ1) is 21.5. The lowest BCUT2D eigenvalue weighted by molar-refractivity contribution is -0.142. The number of nitrogens with one attached hydrogen (secondary N) is 2. The van der Waals surface area contributed by atoms with Gasteiger partial charge in [0.25, 0.3) is 5.91 Å². The summed E-state index contributed by atoms with van der Waals surface area (Å²) in [6.45, 7) is 8.46. The van der Waals surface area contributed by atoms with E-state index in [9.17, 15) is 29.1 Å².